The van der Waals surface area contributed by atoms with Crippen molar-refractivity contribution in [2.75, 3.05) is 19.7 Å². The lowest BCUT2D eigenvalue weighted by Gasteiger charge is -2.09. The number of ether oxygens (including phenoxy) is 1. The second-order valence-corrected chi connectivity index (χ2v) is 4.12. The van der Waals surface area contributed by atoms with Gasteiger partial charge in [-0.15, -0.1) is 0 Å². The molecule has 1 unspecified atom stereocenters. The quantitative estimate of drug-likeness (QED) is 0.850. The molecule has 16 heavy (non-hydrogen) atoms. The molecule has 1 aromatic rings. The molecule has 0 amide bonds. The summed E-state index contributed by atoms with van der Waals surface area (Å²) in [6.07, 6.45) is 1.12. The fourth-order valence-electron chi connectivity index (χ4n) is 1.83. The van der Waals surface area contributed by atoms with Crippen LogP contribution in [0.5, 0.6) is 0 Å². The van der Waals surface area contributed by atoms with Crippen molar-refractivity contribution in [1.82, 2.24) is 5.32 Å². The van der Waals surface area contributed by atoms with Crippen LogP contribution in [0.1, 0.15) is 12.0 Å². The number of hydrogen-bond acceptors (Lipinski definition) is 2. The summed E-state index contributed by atoms with van der Waals surface area (Å²) < 4.78 is 31.0. The van der Waals surface area contributed by atoms with Gasteiger partial charge in [0.15, 0.2) is 11.6 Å². The van der Waals surface area contributed by atoms with Crippen LogP contribution in [0, 0.1) is 17.6 Å². The Morgan fingerprint density at radius 3 is 2.88 bits per heavy atom. The fraction of sp³-hybridized carbons (Fsp3) is 0.500. The van der Waals surface area contributed by atoms with E-state index in [4.69, 9.17) is 4.74 Å². The third kappa shape index (κ3) is 3.00. The van der Waals surface area contributed by atoms with Gasteiger partial charge in [0.1, 0.15) is 0 Å². The van der Waals surface area contributed by atoms with Crippen molar-refractivity contribution in [3.8, 4) is 0 Å². The average Bonchev–Trinajstić information content (AvgIpc) is 2.76. The van der Waals surface area contributed by atoms with Crippen LogP contribution in [0.2, 0.25) is 0 Å². The molecule has 2 nitrogen and oxygen atoms in total. The molecular formula is C12H15F2NO. The second-order valence-electron chi connectivity index (χ2n) is 4.12. The first-order valence-electron chi connectivity index (χ1n) is 5.48. The predicted octanol–water partition coefficient (Wildman–Crippen LogP) is 2.09. The summed E-state index contributed by atoms with van der Waals surface area (Å²) >= 11 is 0. The maximum Gasteiger partial charge on any atom is 0.159 e. The molecule has 1 fully saturated rings. The average molecular weight is 227 g/mol. The van der Waals surface area contributed by atoms with Crippen molar-refractivity contribution in [3.63, 3.8) is 0 Å². The highest BCUT2D eigenvalue weighted by molar-refractivity contribution is 5.16. The van der Waals surface area contributed by atoms with Crippen LogP contribution in [0.4, 0.5) is 8.78 Å². The lowest BCUT2D eigenvalue weighted by atomic mass is 10.1. The Hall–Kier alpha value is -1.00. The Kier molecular flexibility index (Phi) is 3.85. The molecule has 1 aliphatic rings. The Morgan fingerprint density at radius 2 is 2.19 bits per heavy atom. The van der Waals surface area contributed by atoms with E-state index in [0.29, 0.717) is 24.7 Å². The molecule has 4 heteroatoms. The summed E-state index contributed by atoms with van der Waals surface area (Å²) in [6, 6.07) is 3.86. The largest absolute Gasteiger partial charge is 0.376 e. The van der Waals surface area contributed by atoms with Crippen molar-refractivity contribution in [3.05, 3.63) is 35.4 Å². The topological polar surface area (TPSA) is 21.3 Å². The number of benzene rings is 1. The van der Waals surface area contributed by atoms with E-state index in [1.165, 1.54) is 6.07 Å². The van der Waals surface area contributed by atoms with Crippen LogP contribution in [-0.2, 0) is 11.3 Å². The van der Waals surface area contributed by atoms with E-state index in [-0.39, 0.29) is 0 Å². The summed E-state index contributed by atoms with van der Waals surface area (Å²) in [6.45, 7) is 3.04. The molecule has 0 spiro atoms. The summed E-state index contributed by atoms with van der Waals surface area (Å²) in [5, 5.41) is 3.25. The minimum atomic E-state index is -0.816. The second kappa shape index (κ2) is 5.37. The summed E-state index contributed by atoms with van der Waals surface area (Å²) in [4.78, 5) is 0. The summed E-state index contributed by atoms with van der Waals surface area (Å²) in [5.74, 6) is -1.09. The first-order valence-corrected chi connectivity index (χ1v) is 5.48. The molecule has 1 aromatic carbocycles. The van der Waals surface area contributed by atoms with Crippen molar-refractivity contribution in [1.29, 1.82) is 0 Å². The van der Waals surface area contributed by atoms with Crippen LogP contribution < -0.4 is 5.32 Å². The Labute approximate surface area is 93.6 Å². The molecule has 1 aliphatic heterocycles. The van der Waals surface area contributed by atoms with Crippen LogP contribution >= 0.6 is 0 Å². The van der Waals surface area contributed by atoms with E-state index in [9.17, 15) is 8.78 Å². The maximum absolute atomic E-state index is 12.9. The standard InChI is InChI=1S/C12H15F2NO/c13-11-2-1-9(5-12(11)14)7-16-8-10-3-4-15-6-10/h1-2,5,10,15H,3-4,6-8H2. The van der Waals surface area contributed by atoms with Gasteiger partial charge in [0.25, 0.3) is 0 Å². The number of halogens is 2. The van der Waals surface area contributed by atoms with E-state index in [1.54, 1.807) is 6.07 Å². The molecule has 0 radical (unpaired) electrons. The number of nitrogens with one attached hydrogen (secondary N) is 1. The Bertz CT molecular complexity index is 351. The first kappa shape index (κ1) is 11.5. The van der Waals surface area contributed by atoms with E-state index in [1.807, 2.05) is 0 Å². The van der Waals surface area contributed by atoms with Gasteiger partial charge in [0.05, 0.1) is 13.2 Å². The minimum Gasteiger partial charge on any atom is -0.376 e. The van der Waals surface area contributed by atoms with Gasteiger partial charge in [-0.3, -0.25) is 0 Å². The molecule has 1 atom stereocenters. The van der Waals surface area contributed by atoms with Crippen molar-refractivity contribution >= 4 is 0 Å². The summed E-state index contributed by atoms with van der Waals surface area (Å²) in [7, 11) is 0. The number of hydrogen-bond donors (Lipinski definition) is 1. The highest BCUT2D eigenvalue weighted by Gasteiger charge is 2.14. The Morgan fingerprint density at radius 1 is 1.31 bits per heavy atom. The van der Waals surface area contributed by atoms with Gasteiger partial charge in [-0.05, 0) is 36.6 Å². The molecular weight excluding hydrogens is 212 g/mol. The third-order valence-corrected chi connectivity index (χ3v) is 2.77. The van der Waals surface area contributed by atoms with Gasteiger partial charge in [-0.2, -0.15) is 0 Å². The monoisotopic (exact) mass is 227 g/mol. The predicted molar refractivity (Wildman–Crippen MR) is 57.0 cm³/mol. The zero-order valence-corrected chi connectivity index (χ0v) is 9.01. The Balaban J connectivity index is 1.78. The normalized spacial score (nSPS) is 20.2. The van der Waals surface area contributed by atoms with Gasteiger partial charge in [-0.1, -0.05) is 6.07 Å². The molecule has 0 bridgehead atoms. The molecule has 0 aliphatic carbocycles. The molecule has 1 N–H and O–H groups in total. The molecule has 1 saturated heterocycles. The third-order valence-electron chi connectivity index (χ3n) is 2.77. The number of rotatable bonds is 4. The minimum absolute atomic E-state index is 0.341. The van der Waals surface area contributed by atoms with Crippen molar-refractivity contribution in [2.45, 2.75) is 13.0 Å². The zero-order chi connectivity index (χ0) is 11.4. The van der Waals surface area contributed by atoms with Crippen LogP contribution in [0.3, 0.4) is 0 Å². The van der Waals surface area contributed by atoms with Gasteiger partial charge in [0, 0.05) is 6.54 Å². The highest BCUT2D eigenvalue weighted by Crippen LogP contribution is 2.12. The maximum atomic E-state index is 12.9. The molecule has 88 valence electrons. The zero-order valence-electron chi connectivity index (χ0n) is 9.01. The first-order chi connectivity index (χ1) is 7.75. The summed E-state index contributed by atoms with van der Waals surface area (Å²) in [5.41, 5.74) is 0.671. The van der Waals surface area contributed by atoms with Gasteiger partial charge in [-0.25, -0.2) is 8.78 Å². The van der Waals surface area contributed by atoms with Crippen molar-refractivity contribution in [2.24, 2.45) is 5.92 Å². The van der Waals surface area contributed by atoms with Crippen molar-refractivity contribution < 1.29 is 13.5 Å². The highest BCUT2D eigenvalue weighted by atomic mass is 19.2. The molecule has 1 heterocycles. The molecule has 0 aromatic heterocycles. The van der Waals surface area contributed by atoms with E-state index in [0.717, 1.165) is 25.6 Å². The van der Waals surface area contributed by atoms with Crippen LogP contribution in [0.15, 0.2) is 18.2 Å². The molecule has 2 rings (SSSR count). The molecule has 0 saturated carbocycles. The fourth-order valence-corrected chi connectivity index (χ4v) is 1.83. The van der Waals surface area contributed by atoms with Crippen LogP contribution in [-0.4, -0.2) is 19.7 Å². The van der Waals surface area contributed by atoms with Gasteiger partial charge < -0.3 is 10.1 Å². The van der Waals surface area contributed by atoms with Gasteiger partial charge in [0.2, 0.25) is 0 Å². The lowest BCUT2D eigenvalue weighted by molar-refractivity contribution is 0.0922. The van der Waals surface area contributed by atoms with Gasteiger partial charge >= 0.3 is 0 Å². The van der Waals surface area contributed by atoms with E-state index < -0.39 is 11.6 Å². The lowest BCUT2D eigenvalue weighted by Crippen LogP contribution is -2.13. The SMILES string of the molecule is Fc1ccc(COCC2CCNC2)cc1F. The smallest absolute Gasteiger partial charge is 0.159 e. The van der Waals surface area contributed by atoms with Crippen LogP contribution in [0.25, 0.3) is 0 Å². The van der Waals surface area contributed by atoms with E-state index in [2.05, 4.69) is 5.32 Å². The van der Waals surface area contributed by atoms with E-state index >= 15 is 0 Å².